The Morgan fingerprint density at radius 1 is 1.12 bits per heavy atom. The van der Waals surface area contributed by atoms with E-state index in [0.29, 0.717) is 23.2 Å². The number of pyridine rings is 1. The van der Waals surface area contributed by atoms with Crippen LogP contribution in [0.15, 0.2) is 67.0 Å². The van der Waals surface area contributed by atoms with Crippen molar-refractivity contribution in [2.24, 2.45) is 5.92 Å². The molecule has 2 aromatic heterocycles. The summed E-state index contributed by atoms with van der Waals surface area (Å²) in [5.41, 5.74) is 9.07. The molecule has 1 aliphatic rings. The van der Waals surface area contributed by atoms with Gasteiger partial charge in [0.2, 0.25) is 0 Å². The van der Waals surface area contributed by atoms with Gasteiger partial charge >= 0.3 is 6.09 Å². The Bertz CT molecular complexity index is 1450. The van der Waals surface area contributed by atoms with Crippen LogP contribution < -0.4 is 21.3 Å². The second kappa shape index (κ2) is 12.3. The van der Waals surface area contributed by atoms with Gasteiger partial charge in [-0.05, 0) is 36.1 Å². The highest BCUT2D eigenvalue weighted by molar-refractivity contribution is 7.18. The zero-order valence-corrected chi connectivity index (χ0v) is 22.8. The van der Waals surface area contributed by atoms with Crippen LogP contribution >= 0.6 is 11.3 Å². The average Bonchev–Trinajstić information content (AvgIpc) is 3.30. The third-order valence-corrected chi connectivity index (χ3v) is 7.63. The minimum atomic E-state index is -0.686. The number of nitrogens with zero attached hydrogens (tertiary/aromatic N) is 3. The Hall–Kier alpha value is -4.25. The van der Waals surface area contributed by atoms with Crippen LogP contribution in [0.1, 0.15) is 24.6 Å². The molecule has 1 fully saturated rings. The number of hydrogen-bond donors (Lipinski definition) is 3. The Morgan fingerprint density at radius 2 is 1.90 bits per heavy atom. The van der Waals surface area contributed by atoms with Crippen LogP contribution in [-0.4, -0.2) is 35.2 Å². The summed E-state index contributed by atoms with van der Waals surface area (Å²) in [5, 5.41) is 6.90. The largest absolute Gasteiger partial charge is 0.445 e. The van der Waals surface area contributed by atoms with Crippen LogP contribution in [-0.2, 0) is 17.9 Å². The fourth-order valence-corrected chi connectivity index (χ4v) is 5.76. The summed E-state index contributed by atoms with van der Waals surface area (Å²) in [6, 6.07) is 15.1. The first-order chi connectivity index (χ1) is 19.4. The van der Waals surface area contributed by atoms with Crippen LogP contribution in [0.25, 0.3) is 10.6 Å². The summed E-state index contributed by atoms with van der Waals surface area (Å²) in [5.74, 6) is -1.05. The molecule has 1 amide bonds. The van der Waals surface area contributed by atoms with Gasteiger partial charge in [0.1, 0.15) is 28.3 Å². The van der Waals surface area contributed by atoms with E-state index in [9.17, 15) is 13.6 Å². The van der Waals surface area contributed by atoms with Crippen molar-refractivity contribution in [3.05, 3.63) is 89.9 Å². The number of piperidine rings is 1. The van der Waals surface area contributed by atoms with Crippen molar-refractivity contribution in [1.29, 1.82) is 0 Å². The van der Waals surface area contributed by atoms with Crippen molar-refractivity contribution in [3.63, 3.8) is 0 Å². The van der Waals surface area contributed by atoms with Gasteiger partial charge in [0.05, 0.1) is 35.4 Å². The molecule has 3 heterocycles. The molecule has 2 atom stereocenters. The number of ether oxygens (including phenoxy) is 1. The number of thiazole rings is 1. The molecule has 1 saturated heterocycles. The number of benzene rings is 2. The van der Waals surface area contributed by atoms with Crippen LogP contribution in [0.3, 0.4) is 0 Å². The summed E-state index contributed by atoms with van der Waals surface area (Å²) in [6.45, 7) is 3.99. The number of halogens is 2. The Kier molecular flexibility index (Phi) is 8.40. The maximum absolute atomic E-state index is 14.3. The lowest BCUT2D eigenvalue weighted by atomic mass is 9.95. The van der Waals surface area contributed by atoms with E-state index in [1.807, 2.05) is 36.4 Å². The molecule has 1 aliphatic heterocycles. The number of nitrogens with two attached hydrogens (primary N) is 1. The molecule has 11 heteroatoms. The summed E-state index contributed by atoms with van der Waals surface area (Å²) < 4.78 is 34.0. The van der Waals surface area contributed by atoms with Gasteiger partial charge in [0, 0.05) is 25.3 Å². The molecule has 208 valence electrons. The molecular formula is C29H30F2N6O2S. The van der Waals surface area contributed by atoms with E-state index in [2.05, 4.69) is 32.4 Å². The van der Waals surface area contributed by atoms with Crippen LogP contribution in [0, 0.1) is 17.6 Å². The first-order valence-corrected chi connectivity index (χ1v) is 13.8. The van der Waals surface area contributed by atoms with E-state index >= 15 is 0 Å². The van der Waals surface area contributed by atoms with Gasteiger partial charge in [-0.1, -0.05) is 54.7 Å². The number of rotatable bonds is 8. The summed E-state index contributed by atoms with van der Waals surface area (Å²) in [7, 11) is 0. The third kappa shape index (κ3) is 6.48. The van der Waals surface area contributed by atoms with Crippen molar-refractivity contribution in [1.82, 2.24) is 15.3 Å². The Balaban J connectivity index is 1.24. The number of aromatic nitrogens is 2. The molecule has 5 rings (SSSR count). The molecule has 8 nitrogen and oxygen atoms in total. The standard InChI is InChI=1S/C29H30F2N6O2S/c1-18-12-20(35-29(38)39-17-19-6-3-2-4-7-19)16-37(15-18)25-10-11-33-13-23(25)34-14-24-27(32)40-28(36-24)26-21(30)8-5-9-22(26)31/h2-11,13,18,20,34H,12,14-17,32H2,1H3,(H,35,38)/t18-,20+/m1/s1. The van der Waals surface area contributed by atoms with E-state index < -0.39 is 17.7 Å². The number of hydrogen-bond acceptors (Lipinski definition) is 8. The molecule has 40 heavy (non-hydrogen) atoms. The van der Waals surface area contributed by atoms with Crippen molar-refractivity contribution < 1.29 is 18.3 Å². The van der Waals surface area contributed by atoms with E-state index in [1.165, 1.54) is 18.2 Å². The zero-order valence-electron chi connectivity index (χ0n) is 21.9. The normalized spacial score (nSPS) is 16.9. The molecule has 4 aromatic rings. The number of alkyl carbamates (subject to hydrolysis) is 1. The zero-order chi connectivity index (χ0) is 28.1. The van der Waals surface area contributed by atoms with Crippen LogP contribution in [0.2, 0.25) is 0 Å². The lowest BCUT2D eigenvalue weighted by molar-refractivity contribution is 0.133. The lowest BCUT2D eigenvalue weighted by Gasteiger charge is -2.38. The van der Waals surface area contributed by atoms with Gasteiger partial charge in [-0.15, -0.1) is 0 Å². The minimum absolute atomic E-state index is 0.0968. The molecule has 2 aromatic carbocycles. The number of carbonyl (C=O) groups excluding carboxylic acids is 1. The predicted octanol–water partition coefficient (Wildman–Crippen LogP) is 5.82. The second-order valence-electron chi connectivity index (χ2n) is 9.82. The Morgan fingerprint density at radius 3 is 2.67 bits per heavy atom. The molecular weight excluding hydrogens is 534 g/mol. The topological polar surface area (TPSA) is 105 Å². The van der Waals surface area contributed by atoms with Crippen molar-refractivity contribution in [2.45, 2.75) is 32.5 Å². The van der Waals surface area contributed by atoms with E-state index in [0.717, 1.165) is 41.2 Å². The summed E-state index contributed by atoms with van der Waals surface area (Å²) in [6.07, 6.45) is 3.81. The first kappa shape index (κ1) is 27.3. The smallest absolute Gasteiger partial charge is 0.407 e. The highest BCUT2D eigenvalue weighted by atomic mass is 32.1. The number of anilines is 3. The third-order valence-electron chi connectivity index (χ3n) is 6.68. The van der Waals surface area contributed by atoms with Gasteiger partial charge in [-0.3, -0.25) is 4.98 Å². The maximum atomic E-state index is 14.3. The van der Waals surface area contributed by atoms with Crippen molar-refractivity contribution in [2.75, 3.05) is 29.0 Å². The predicted molar refractivity (Wildman–Crippen MR) is 153 cm³/mol. The first-order valence-electron chi connectivity index (χ1n) is 13.0. The summed E-state index contributed by atoms with van der Waals surface area (Å²) in [4.78, 5) is 23.4. The molecule has 0 radical (unpaired) electrons. The van der Waals surface area contributed by atoms with E-state index in [4.69, 9.17) is 10.5 Å². The molecule has 0 aliphatic carbocycles. The number of nitrogens with one attached hydrogen (secondary N) is 2. The van der Waals surface area contributed by atoms with Gasteiger partial charge < -0.3 is 26.0 Å². The van der Waals surface area contributed by atoms with E-state index in [1.54, 1.807) is 12.4 Å². The van der Waals surface area contributed by atoms with Gasteiger partial charge in [-0.25, -0.2) is 18.6 Å². The van der Waals surface area contributed by atoms with Gasteiger partial charge in [0.15, 0.2) is 0 Å². The molecule has 0 saturated carbocycles. The number of amides is 1. The SMILES string of the molecule is C[C@@H]1C[C@H](NC(=O)OCc2ccccc2)CN(c2ccncc2NCc2nc(-c3c(F)cccc3F)sc2N)C1. The van der Waals surface area contributed by atoms with Gasteiger partial charge in [-0.2, -0.15) is 0 Å². The molecule has 0 unspecified atom stereocenters. The van der Waals surface area contributed by atoms with Crippen LogP contribution in [0.4, 0.5) is 30.0 Å². The highest BCUT2D eigenvalue weighted by Gasteiger charge is 2.28. The number of nitrogen functional groups attached to an aromatic ring is 1. The lowest BCUT2D eigenvalue weighted by Crippen LogP contribution is -2.50. The van der Waals surface area contributed by atoms with Crippen LogP contribution in [0.5, 0.6) is 0 Å². The summed E-state index contributed by atoms with van der Waals surface area (Å²) >= 11 is 1.04. The van der Waals surface area contributed by atoms with Crippen molar-refractivity contribution >= 4 is 33.8 Å². The highest BCUT2D eigenvalue weighted by Crippen LogP contribution is 2.35. The number of carbonyl (C=O) groups is 1. The quantitative estimate of drug-likeness (QED) is 0.248. The second-order valence-corrected chi connectivity index (χ2v) is 10.9. The molecule has 0 bridgehead atoms. The van der Waals surface area contributed by atoms with E-state index in [-0.39, 0.29) is 29.8 Å². The average molecular weight is 565 g/mol. The fraction of sp³-hybridized carbons (Fsp3) is 0.276. The van der Waals surface area contributed by atoms with Crippen molar-refractivity contribution in [3.8, 4) is 10.6 Å². The fourth-order valence-electron chi connectivity index (χ4n) is 4.86. The Labute approximate surface area is 235 Å². The minimum Gasteiger partial charge on any atom is -0.445 e. The maximum Gasteiger partial charge on any atom is 0.407 e. The monoisotopic (exact) mass is 564 g/mol. The molecule has 4 N–H and O–H groups in total. The van der Waals surface area contributed by atoms with Gasteiger partial charge in [0.25, 0.3) is 0 Å². The molecule has 0 spiro atoms.